The first kappa shape index (κ1) is 12.3. The predicted octanol–water partition coefficient (Wildman–Crippen LogP) is 3.37. The average molecular weight is 247 g/mol. The van der Waals surface area contributed by atoms with Crippen molar-refractivity contribution in [3.8, 4) is 11.3 Å². The third-order valence-electron chi connectivity index (χ3n) is 2.94. The Kier molecular flexibility index (Phi) is 3.92. The zero-order valence-corrected chi connectivity index (χ0v) is 10.9. The van der Waals surface area contributed by atoms with Crippen molar-refractivity contribution in [2.45, 2.75) is 26.4 Å². The first-order chi connectivity index (χ1) is 8.16. The molecule has 0 bridgehead atoms. The van der Waals surface area contributed by atoms with Gasteiger partial charge in [0.15, 0.2) is 0 Å². The van der Waals surface area contributed by atoms with Crippen molar-refractivity contribution in [1.29, 1.82) is 0 Å². The van der Waals surface area contributed by atoms with Gasteiger partial charge in [-0.3, -0.25) is 0 Å². The van der Waals surface area contributed by atoms with Crippen molar-refractivity contribution in [1.82, 2.24) is 4.98 Å². The largest absolute Gasteiger partial charge is 0.393 e. The molecule has 2 atom stereocenters. The van der Waals surface area contributed by atoms with Crippen LogP contribution in [0.2, 0.25) is 0 Å². The van der Waals surface area contributed by atoms with E-state index in [2.05, 4.69) is 22.5 Å². The highest BCUT2D eigenvalue weighted by Crippen LogP contribution is 2.23. The maximum absolute atomic E-state index is 9.48. The SMILES string of the molecule is CC(O)C(C)Cc1nc(-c2ccccc2)cs1. The van der Waals surface area contributed by atoms with Gasteiger partial charge in [-0.15, -0.1) is 11.3 Å². The Morgan fingerprint density at radius 1 is 1.24 bits per heavy atom. The van der Waals surface area contributed by atoms with Crippen LogP contribution in [-0.2, 0) is 6.42 Å². The minimum absolute atomic E-state index is 0.254. The number of hydrogen-bond acceptors (Lipinski definition) is 3. The summed E-state index contributed by atoms with van der Waals surface area (Å²) in [6.45, 7) is 3.88. The van der Waals surface area contributed by atoms with Gasteiger partial charge in [-0.2, -0.15) is 0 Å². The van der Waals surface area contributed by atoms with E-state index in [0.29, 0.717) is 0 Å². The number of benzene rings is 1. The number of rotatable bonds is 4. The van der Waals surface area contributed by atoms with Crippen LogP contribution in [-0.4, -0.2) is 16.2 Å². The summed E-state index contributed by atoms with van der Waals surface area (Å²) in [7, 11) is 0. The molecule has 0 spiro atoms. The molecule has 0 amide bonds. The van der Waals surface area contributed by atoms with Gasteiger partial charge in [0, 0.05) is 17.4 Å². The van der Waals surface area contributed by atoms with E-state index in [4.69, 9.17) is 0 Å². The molecular weight excluding hydrogens is 230 g/mol. The second kappa shape index (κ2) is 5.43. The summed E-state index contributed by atoms with van der Waals surface area (Å²) in [5.41, 5.74) is 2.18. The lowest BCUT2D eigenvalue weighted by molar-refractivity contribution is 0.135. The fraction of sp³-hybridized carbons (Fsp3) is 0.357. The molecule has 0 saturated heterocycles. The minimum Gasteiger partial charge on any atom is -0.393 e. The molecule has 1 N–H and O–H groups in total. The second-order valence-electron chi connectivity index (χ2n) is 4.41. The molecule has 2 nitrogen and oxygen atoms in total. The number of aromatic nitrogens is 1. The Labute approximate surface area is 106 Å². The number of thiazole rings is 1. The first-order valence-corrected chi connectivity index (χ1v) is 6.72. The van der Waals surface area contributed by atoms with Crippen LogP contribution in [0.1, 0.15) is 18.9 Å². The fourth-order valence-electron chi connectivity index (χ4n) is 1.59. The van der Waals surface area contributed by atoms with Crippen molar-refractivity contribution in [2.24, 2.45) is 5.92 Å². The Balaban J connectivity index is 2.12. The van der Waals surface area contributed by atoms with Crippen LogP contribution in [0.25, 0.3) is 11.3 Å². The summed E-state index contributed by atoms with van der Waals surface area (Å²) in [6.07, 6.45) is 0.564. The van der Waals surface area contributed by atoms with E-state index < -0.39 is 0 Å². The Morgan fingerprint density at radius 3 is 2.59 bits per heavy atom. The molecule has 0 fully saturated rings. The van der Waals surface area contributed by atoms with Gasteiger partial charge in [0.1, 0.15) is 0 Å². The molecule has 1 heterocycles. The number of hydrogen-bond donors (Lipinski definition) is 1. The first-order valence-electron chi connectivity index (χ1n) is 5.84. The van der Waals surface area contributed by atoms with Gasteiger partial charge < -0.3 is 5.11 Å². The molecule has 1 aromatic heterocycles. The van der Waals surface area contributed by atoms with Crippen LogP contribution >= 0.6 is 11.3 Å². The summed E-state index contributed by atoms with van der Waals surface area (Å²) < 4.78 is 0. The maximum Gasteiger partial charge on any atom is 0.0936 e. The van der Waals surface area contributed by atoms with E-state index in [1.807, 2.05) is 32.0 Å². The van der Waals surface area contributed by atoms with Crippen LogP contribution in [0.4, 0.5) is 0 Å². The van der Waals surface area contributed by atoms with E-state index in [9.17, 15) is 5.11 Å². The van der Waals surface area contributed by atoms with Crippen molar-refractivity contribution < 1.29 is 5.11 Å². The van der Waals surface area contributed by atoms with Gasteiger partial charge in [0.25, 0.3) is 0 Å². The zero-order valence-electron chi connectivity index (χ0n) is 10.1. The number of aliphatic hydroxyl groups excluding tert-OH is 1. The lowest BCUT2D eigenvalue weighted by Crippen LogP contribution is -2.15. The highest BCUT2D eigenvalue weighted by atomic mass is 32.1. The molecule has 0 saturated carbocycles. The highest BCUT2D eigenvalue weighted by Gasteiger charge is 2.12. The summed E-state index contributed by atoms with van der Waals surface area (Å²) >= 11 is 1.67. The van der Waals surface area contributed by atoms with Gasteiger partial charge in [0.05, 0.1) is 16.8 Å². The predicted molar refractivity (Wildman–Crippen MR) is 72.1 cm³/mol. The van der Waals surface area contributed by atoms with Crippen LogP contribution in [0.3, 0.4) is 0 Å². The summed E-state index contributed by atoms with van der Waals surface area (Å²) in [4.78, 5) is 4.61. The standard InChI is InChI=1S/C14H17NOS/c1-10(11(2)16)8-14-15-13(9-17-14)12-6-4-3-5-7-12/h3-7,9-11,16H,8H2,1-2H3. The van der Waals surface area contributed by atoms with E-state index in [1.54, 1.807) is 11.3 Å². The van der Waals surface area contributed by atoms with Crippen LogP contribution in [0.15, 0.2) is 35.7 Å². The second-order valence-corrected chi connectivity index (χ2v) is 5.36. The molecular formula is C14H17NOS. The van der Waals surface area contributed by atoms with Crippen molar-refractivity contribution in [3.05, 3.63) is 40.7 Å². The van der Waals surface area contributed by atoms with E-state index in [0.717, 1.165) is 22.7 Å². The smallest absolute Gasteiger partial charge is 0.0936 e. The Hall–Kier alpha value is -1.19. The lowest BCUT2D eigenvalue weighted by Gasteiger charge is -2.11. The number of nitrogens with zero attached hydrogens (tertiary/aromatic N) is 1. The third-order valence-corrected chi connectivity index (χ3v) is 3.81. The molecule has 2 aromatic rings. The molecule has 2 rings (SSSR count). The molecule has 0 aliphatic rings. The van der Waals surface area contributed by atoms with E-state index in [-0.39, 0.29) is 12.0 Å². The van der Waals surface area contributed by atoms with Gasteiger partial charge >= 0.3 is 0 Å². The van der Waals surface area contributed by atoms with Gasteiger partial charge in [-0.1, -0.05) is 37.3 Å². The normalized spacial score (nSPS) is 14.5. The van der Waals surface area contributed by atoms with Crippen molar-refractivity contribution in [3.63, 3.8) is 0 Å². The monoisotopic (exact) mass is 247 g/mol. The molecule has 0 aliphatic heterocycles. The van der Waals surface area contributed by atoms with Gasteiger partial charge in [-0.05, 0) is 12.8 Å². The molecule has 3 heteroatoms. The van der Waals surface area contributed by atoms with Crippen molar-refractivity contribution in [2.75, 3.05) is 0 Å². The molecule has 0 radical (unpaired) electrons. The zero-order chi connectivity index (χ0) is 12.3. The average Bonchev–Trinajstić information content (AvgIpc) is 2.78. The molecule has 1 aromatic carbocycles. The summed E-state index contributed by atoms with van der Waals surface area (Å²) in [6, 6.07) is 10.2. The number of aliphatic hydroxyl groups is 1. The van der Waals surface area contributed by atoms with Gasteiger partial charge in [0.2, 0.25) is 0 Å². The van der Waals surface area contributed by atoms with E-state index >= 15 is 0 Å². The van der Waals surface area contributed by atoms with Crippen LogP contribution in [0.5, 0.6) is 0 Å². The lowest BCUT2D eigenvalue weighted by atomic mass is 10.0. The summed E-state index contributed by atoms with van der Waals surface area (Å²) in [5, 5.41) is 12.7. The van der Waals surface area contributed by atoms with Crippen LogP contribution < -0.4 is 0 Å². The fourth-order valence-corrected chi connectivity index (χ4v) is 2.54. The summed E-state index contributed by atoms with van der Waals surface area (Å²) in [5.74, 6) is 0.254. The third kappa shape index (κ3) is 3.14. The topological polar surface area (TPSA) is 33.1 Å². The quantitative estimate of drug-likeness (QED) is 0.898. The highest BCUT2D eigenvalue weighted by molar-refractivity contribution is 7.09. The Bertz CT molecular complexity index is 464. The molecule has 17 heavy (non-hydrogen) atoms. The maximum atomic E-state index is 9.48. The van der Waals surface area contributed by atoms with Gasteiger partial charge in [-0.25, -0.2) is 4.98 Å². The van der Waals surface area contributed by atoms with Crippen molar-refractivity contribution >= 4 is 11.3 Å². The van der Waals surface area contributed by atoms with E-state index in [1.165, 1.54) is 0 Å². The minimum atomic E-state index is -0.279. The molecule has 2 unspecified atom stereocenters. The van der Waals surface area contributed by atoms with Crippen LogP contribution in [0, 0.1) is 5.92 Å². The molecule has 0 aliphatic carbocycles. The Morgan fingerprint density at radius 2 is 1.94 bits per heavy atom. The molecule has 90 valence electrons.